The molecule has 1 heterocycles. The van der Waals surface area contributed by atoms with E-state index in [-0.39, 0.29) is 11.8 Å². The van der Waals surface area contributed by atoms with Crippen LogP contribution in [0.25, 0.3) is 0 Å². The lowest BCUT2D eigenvalue weighted by molar-refractivity contribution is -0.117. The largest absolute Gasteiger partial charge is 0.311 e. The maximum Gasteiger partial charge on any atom is 0.228 e. The molecule has 0 aromatic heterocycles. The molecule has 1 amide bonds. The van der Waals surface area contributed by atoms with E-state index >= 15 is 0 Å². The predicted octanol–water partition coefficient (Wildman–Crippen LogP) is 3.09. The number of hydrogen-bond donors (Lipinski definition) is 0. The minimum absolute atomic E-state index is 0.00487. The van der Waals surface area contributed by atoms with Crippen LogP contribution in [0.5, 0.6) is 0 Å². The third kappa shape index (κ3) is 2.23. The number of benzene rings is 1. The van der Waals surface area contributed by atoms with Crippen LogP contribution in [0.1, 0.15) is 6.42 Å². The van der Waals surface area contributed by atoms with Crippen LogP contribution < -0.4 is 4.90 Å². The van der Waals surface area contributed by atoms with E-state index in [2.05, 4.69) is 21.9 Å². The Morgan fingerprint density at radius 3 is 2.81 bits per heavy atom. The van der Waals surface area contributed by atoms with Crippen molar-refractivity contribution in [1.82, 2.24) is 0 Å². The van der Waals surface area contributed by atoms with E-state index in [1.165, 1.54) is 0 Å². The van der Waals surface area contributed by atoms with Crippen molar-refractivity contribution in [3.63, 3.8) is 0 Å². The molecule has 1 atom stereocenters. The van der Waals surface area contributed by atoms with Crippen molar-refractivity contribution in [3.8, 4) is 12.3 Å². The fraction of sp³-hybridized carbons (Fsp3) is 0.250. The number of rotatable bonds is 1. The topological polar surface area (TPSA) is 20.3 Å². The second-order valence-electron chi connectivity index (χ2n) is 3.70. The fourth-order valence-electron chi connectivity index (χ4n) is 1.76. The summed E-state index contributed by atoms with van der Waals surface area (Å²) in [7, 11) is 0. The van der Waals surface area contributed by atoms with Crippen LogP contribution in [0.2, 0.25) is 5.02 Å². The van der Waals surface area contributed by atoms with Crippen molar-refractivity contribution in [3.05, 3.63) is 27.7 Å². The molecule has 1 aromatic rings. The summed E-state index contributed by atoms with van der Waals surface area (Å²) < 4.78 is 0.854. The van der Waals surface area contributed by atoms with Crippen molar-refractivity contribution in [2.45, 2.75) is 6.42 Å². The Morgan fingerprint density at radius 1 is 1.50 bits per heavy atom. The van der Waals surface area contributed by atoms with Gasteiger partial charge in [-0.1, -0.05) is 27.5 Å². The van der Waals surface area contributed by atoms with Gasteiger partial charge in [0.2, 0.25) is 5.91 Å². The predicted molar refractivity (Wildman–Crippen MR) is 68.4 cm³/mol. The molecule has 0 N–H and O–H groups in total. The van der Waals surface area contributed by atoms with Gasteiger partial charge in [-0.3, -0.25) is 4.79 Å². The summed E-state index contributed by atoms with van der Waals surface area (Å²) in [4.78, 5) is 13.4. The summed E-state index contributed by atoms with van der Waals surface area (Å²) in [5.41, 5.74) is 0.794. The molecule has 1 aromatic carbocycles. The third-order valence-corrected chi connectivity index (χ3v) is 3.20. The van der Waals surface area contributed by atoms with Gasteiger partial charge in [0, 0.05) is 34.1 Å². The van der Waals surface area contributed by atoms with Gasteiger partial charge in [-0.25, -0.2) is 0 Å². The van der Waals surface area contributed by atoms with Gasteiger partial charge in [-0.15, -0.1) is 12.3 Å². The van der Waals surface area contributed by atoms with E-state index in [1.807, 2.05) is 6.07 Å². The van der Waals surface area contributed by atoms with Gasteiger partial charge in [0.1, 0.15) is 0 Å². The number of terminal acetylenes is 1. The number of anilines is 1. The first-order valence-electron chi connectivity index (χ1n) is 4.82. The Bertz CT molecular complexity index is 460. The number of hydrogen-bond acceptors (Lipinski definition) is 1. The quantitative estimate of drug-likeness (QED) is 0.730. The average molecular weight is 299 g/mol. The van der Waals surface area contributed by atoms with Gasteiger partial charge in [0.25, 0.3) is 0 Å². The van der Waals surface area contributed by atoms with E-state index in [0.717, 1.165) is 10.2 Å². The highest BCUT2D eigenvalue weighted by Crippen LogP contribution is 2.30. The van der Waals surface area contributed by atoms with Gasteiger partial charge >= 0.3 is 0 Å². The van der Waals surface area contributed by atoms with E-state index in [9.17, 15) is 4.79 Å². The maximum absolute atomic E-state index is 11.7. The highest BCUT2D eigenvalue weighted by atomic mass is 79.9. The molecule has 1 saturated heterocycles. The van der Waals surface area contributed by atoms with E-state index < -0.39 is 0 Å². The Kier molecular flexibility index (Phi) is 3.22. The number of carbonyl (C=O) groups excluding carboxylic acids is 1. The first-order chi connectivity index (χ1) is 7.60. The Labute approximate surface area is 108 Å². The SMILES string of the molecule is C#CC1CC(=O)N(c2cc(Cl)cc(Br)c2)C1. The zero-order valence-corrected chi connectivity index (χ0v) is 10.8. The molecule has 0 bridgehead atoms. The molecule has 2 rings (SSSR count). The van der Waals surface area contributed by atoms with Crippen molar-refractivity contribution in [2.75, 3.05) is 11.4 Å². The van der Waals surface area contributed by atoms with Crippen LogP contribution in [0, 0.1) is 18.3 Å². The van der Waals surface area contributed by atoms with Crippen LogP contribution in [0.4, 0.5) is 5.69 Å². The highest BCUT2D eigenvalue weighted by molar-refractivity contribution is 9.10. The lowest BCUT2D eigenvalue weighted by Gasteiger charge is -2.16. The average Bonchev–Trinajstić information content (AvgIpc) is 2.58. The second kappa shape index (κ2) is 4.48. The van der Waals surface area contributed by atoms with E-state index in [4.69, 9.17) is 18.0 Å². The molecular weight excluding hydrogens is 289 g/mol. The van der Waals surface area contributed by atoms with Gasteiger partial charge in [0.15, 0.2) is 0 Å². The molecular formula is C12H9BrClNO. The van der Waals surface area contributed by atoms with Gasteiger partial charge < -0.3 is 4.90 Å². The van der Waals surface area contributed by atoms with Crippen molar-refractivity contribution >= 4 is 39.1 Å². The lowest BCUT2D eigenvalue weighted by Crippen LogP contribution is -2.24. The molecule has 0 spiro atoms. The normalized spacial score (nSPS) is 19.9. The smallest absolute Gasteiger partial charge is 0.228 e. The Balaban J connectivity index is 2.32. The minimum atomic E-state index is 0.00487. The fourth-order valence-corrected chi connectivity index (χ4v) is 2.61. The summed E-state index contributed by atoms with van der Waals surface area (Å²) in [6.45, 7) is 0.572. The van der Waals surface area contributed by atoms with Crippen LogP contribution in [0.15, 0.2) is 22.7 Å². The lowest BCUT2D eigenvalue weighted by atomic mass is 10.1. The summed E-state index contributed by atoms with van der Waals surface area (Å²) in [6, 6.07) is 5.41. The summed E-state index contributed by atoms with van der Waals surface area (Å²) in [6.07, 6.45) is 5.75. The number of nitrogens with zero attached hydrogens (tertiary/aromatic N) is 1. The molecule has 0 radical (unpaired) electrons. The first-order valence-corrected chi connectivity index (χ1v) is 6.00. The third-order valence-electron chi connectivity index (χ3n) is 2.52. The van der Waals surface area contributed by atoms with Gasteiger partial charge in [-0.05, 0) is 18.2 Å². The van der Waals surface area contributed by atoms with E-state index in [0.29, 0.717) is 18.0 Å². The standard InChI is InChI=1S/C12H9BrClNO/c1-2-8-3-12(16)15(7-8)11-5-9(13)4-10(14)6-11/h1,4-6,8H,3,7H2. The number of carbonyl (C=O) groups is 1. The van der Waals surface area contributed by atoms with Crippen LogP contribution in [-0.4, -0.2) is 12.5 Å². The van der Waals surface area contributed by atoms with E-state index in [1.54, 1.807) is 17.0 Å². The minimum Gasteiger partial charge on any atom is -0.311 e. The molecule has 1 aliphatic rings. The maximum atomic E-state index is 11.7. The van der Waals surface area contributed by atoms with Crippen LogP contribution in [0.3, 0.4) is 0 Å². The molecule has 82 valence electrons. The van der Waals surface area contributed by atoms with Crippen molar-refractivity contribution in [1.29, 1.82) is 0 Å². The summed E-state index contributed by atoms with van der Waals surface area (Å²) in [5.74, 6) is 2.67. The zero-order chi connectivity index (χ0) is 11.7. The Morgan fingerprint density at radius 2 is 2.25 bits per heavy atom. The highest BCUT2D eigenvalue weighted by Gasteiger charge is 2.29. The van der Waals surface area contributed by atoms with Crippen LogP contribution in [-0.2, 0) is 4.79 Å². The summed E-state index contributed by atoms with van der Waals surface area (Å²) in [5, 5.41) is 0.598. The molecule has 0 saturated carbocycles. The van der Waals surface area contributed by atoms with Gasteiger partial charge in [0.05, 0.1) is 0 Å². The van der Waals surface area contributed by atoms with Crippen molar-refractivity contribution < 1.29 is 4.79 Å². The second-order valence-corrected chi connectivity index (χ2v) is 5.05. The number of halogens is 2. The van der Waals surface area contributed by atoms with Crippen molar-refractivity contribution in [2.24, 2.45) is 5.92 Å². The molecule has 1 fully saturated rings. The Hall–Kier alpha value is -0.980. The molecule has 1 aliphatic heterocycles. The zero-order valence-electron chi connectivity index (χ0n) is 8.41. The van der Waals surface area contributed by atoms with Crippen LogP contribution >= 0.6 is 27.5 Å². The monoisotopic (exact) mass is 297 g/mol. The molecule has 0 aliphatic carbocycles. The summed E-state index contributed by atoms with van der Waals surface area (Å²) >= 11 is 9.29. The van der Waals surface area contributed by atoms with Gasteiger partial charge in [-0.2, -0.15) is 0 Å². The first kappa shape index (κ1) is 11.5. The number of amides is 1. The molecule has 16 heavy (non-hydrogen) atoms. The molecule has 4 heteroatoms. The molecule has 2 nitrogen and oxygen atoms in total. The molecule has 1 unspecified atom stereocenters.